The summed E-state index contributed by atoms with van der Waals surface area (Å²) in [5.41, 5.74) is 3.51. The zero-order valence-corrected chi connectivity index (χ0v) is 17.3. The van der Waals surface area contributed by atoms with E-state index in [1.54, 1.807) is 17.8 Å². The number of anilines is 1. The molecule has 1 atom stereocenters. The van der Waals surface area contributed by atoms with Gasteiger partial charge in [-0.2, -0.15) is 10.1 Å². The van der Waals surface area contributed by atoms with E-state index in [1.807, 2.05) is 17.2 Å². The zero-order valence-electron chi connectivity index (χ0n) is 17.3. The Morgan fingerprint density at radius 2 is 2.26 bits per heavy atom. The summed E-state index contributed by atoms with van der Waals surface area (Å²) < 4.78 is 27.4. The fourth-order valence-electron chi connectivity index (χ4n) is 4.26. The first-order chi connectivity index (χ1) is 15.1. The van der Waals surface area contributed by atoms with Crippen molar-refractivity contribution in [3.05, 3.63) is 42.0 Å². The van der Waals surface area contributed by atoms with Crippen LogP contribution >= 0.6 is 0 Å². The molecule has 2 aromatic heterocycles. The van der Waals surface area contributed by atoms with Crippen molar-refractivity contribution in [1.82, 2.24) is 19.5 Å². The van der Waals surface area contributed by atoms with E-state index in [9.17, 15) is 9.18 Å². The topological polar surface area (TPSA) is 81.0 Å². The minimum atomic E-state index is -0.352. The number of benzene rings is 1. The van der Waals surface area contributed by atoms with Crippen LogP contribution in [0.1, 0.15) is 18.4 Å². The summed E-state index contributed by atoms with van der Waals surface area (Å²) in [6.07, 6.45) is 5.44. The highest BCUT2D eigenvalue weighted by molar-refractivity contribution is 5.80. The summed E-state index contributed by atoms with van der Waals surface area (Å²) in [5, 5.41) is 7.67. The van der Waals surface area contributed by atoms with Crippen LogP contribution in [-0.2, 0) is 16.0 Å². The number of rotatable bonds is 3. The number of carbonyl (C=O) groups excluding carboxylic acids is 1. The van der Waals surface area contributed by atoms with E-state index in [1.165, 1.54) is 12.1 Å². The van der Waals surface area contributed by atoms with Crippen LogP contribution < -0.4 is 10.1 Å². The Balaban J connectivity index is 1.62. The quantitative estimate of drug-likeness (QED) is 0.695. The highest BCUT2D eigenvalue weighted by Gasteiger charge is 2.31. The summed E-state index contributed by atoms with van der Waals surface area (Å²) in [5.74, 6) is 0.260. The molecule has 0 aliphatic carbocycles. The molecular weight excluding hydrogens is 401 g/mol. The molecule has 31 heavy (non-hydrogen) atoms. The van der Waals surface area contributed by atoms with Gasteiger partial charge in [0.15, 0.2) is 5.65 Å². The Morgan fingerprint density at radius 3 is 3.13 bits per heavy atom. The monoisotopic (exact) mass is 425 g/mol. The number of methoxy groups -OCH3 is 1. The second-order valence-corrected chi connectivity index (χ2v) is 7.89. The number of amides is 1. The van der Waals surface area contributed by atoms with Crippen LogP contribution in [0.2, 0.25) is 0 Å². The lowest BCUT2D eigenvalue weighted by molar-refractivity contribution is -0.129. The minimum Gasteiger partial charge on any atom is -0.475 e. The highest BCUT2D eigenvalue weighted by atomic mass is 19.1. The van der Waals surface area contributed by atoms with Gasteiger partial charge in [-0.3, -0.25) is 4.79 Å². The van der Waals surface area contributed by atoms with Crippen molar-refractivity contribution in [2.24, 2.45) is 0 Å². The molecule has 162 valence electrons. The van der Waals surface area contributed by atoms with Crippen LogP contribution in [0.15, 0.2) is 30.6 Å². The molecule has 1 fully saturated rings. The van der Waals surface area contributed by atoms with Gasteiger partial charge in [0.05, 0.1) is 18.8 Å². The van der Waals surface area contributed by atoms with Crippen LogP contribution in [-0.4, -0.2) is 64.9 Å². The van der Waals surface area contributed by atoms with Crippen LogP contribution in [0.5, 0.6) is 5.88 Å². The number of nitrogens with zero attached hydrogens (tertiary/aromatic N) is 4. The second-order valence-electron chi connectivity index (χ2n) is 7.89. The molecule has 0 spiro atoms. The van der Waals surface area contributed by atoms with Gasteiger partial charge < -0.3 is 19.7 Å². The van der Waals surface area contributed by atoms with Gasteiger partial charge in [0, 0.05) is 56.1 Å². The van der Waals surface area contributed by atoms with Crippen molar-refractivity contribution < 1.29 is 18.7 Å². The summed E-state index contributed by atoms with van der Waals surface area (Å²) in [6, 6.07) is 4.78. The third-order valence-electron chi connectivity index (χ3n) is 5.86. The third-order valence-corrected chi connectivity index (χ3v) is 5.86. The predicted octanol–water partition coefficient (Wildman–Crippen LogP) is 2.52. The van der Waals surface area contributed by atoms with Gasteiger partial charge in [0.25, 0.3) is 0 Å². The maximum Gasteiger partial charge on any atom is 0.223 e. The average molecular weight is 425 g/mol. The lowest BCUT2D eigenvalue weighted by Gasteiger charge is -2.25. The lowest BCUT2D eigenvalue weighted by atomic mass is 10.1. The number of fused-ring (bicyclic) bond motifs is 5. The first kappa shape index (κ1) is 19.7. The SMILES string of the molecule is COCCc1cn2ncc3c2nc1OC[C@@H]1CCC(=O)N1CCNc1cc(F)cc-3c1. The fraction of sp³-hybridized carbons (Fsp3) is 0.409. The van der Waals surface area contributed by atoms with Gasteiger partial charge >= 0.3 is 0 Å². The Bertz CT molecular complexity index is 1130. The van der Waals surface area contributed by atoms with Crippen LogP contribution in [0, 0.1) is 5.82 Å². The van der Waals surface area contributed by atoms with Crippen molar-refractivity contribution in [3.63, 3.8) is 0 Å². The van der Waals surface area contributed by atoms with E-state index in [4.69, 9.17) is 14.5 Å². The van der Waals surface area contributed by atoms with Gasteiger partial charge in [0.2, 0.25) is 11.8 Å². The first-order valence-electron chi connectivity index (χ1n) is 10.5. The number of nitrogens with one attached hydrogen (secondary N) is 1. The number of halogens is 1. The van der Waals surface area contributed by atoms with E-state index in [-0.39, 0.29) is 17.8 Å². The van der Waals surface area contributed by atoms with Gasteiger partial charge in [0.1, 0.15) is 12.4 Å². The largest absolute Gasteiger partial charge is 0.475 e. The summed E-state index contributed by atoms with van der Waals surface area (Å²) in [4.78, 5) is 19.0. The lowest BCUT2D eigenvalue weighted by Crippen LogP contribution is -2.40. The van der Waals surface area contributed by atoms with E-state index in [2.05, 4.69) is 10.4 Å². The molecule has 1 amide bonds. The Hall–Kier alpha value is -3.20. The molecule has 1 aromatic carbocycles. The standard InChI is InChI=1S/C22H24FN5O3/c1-30-7-4-14-12-28-21-19(11-25-28)15-8-16(23)10-17(9-15)24-5-6-27-18(2-3-20(27)29)13-31-22(14)26-21/h8-12,18,24H,2-7,13H2,1H3/t18-/m0/s1. The molecule has 2 aliphatic rings. The van der Waals surface area contributed by atoms with Crippen LogP contribution in [0.4, 0.5) is 10.1 Å². The Labute approximate surface area is 179 Å². The van der Waals surface area contributed by atoms with Gasteiger partial charge in [-0.1, -0.05) is 0 Å². The maximum absolute atomic E-state index is 14.4. The van der Waals surface area contributed by atoms with Crippen LogP contribution in [0.3, 0.4) is 0 Å². The van der Waals surface area contributed by atoms with Crippen LogP contribution in [0.25, 0.3) is 16.8 Å². The minimum absolute atomic E-state index is 0.0157. The first-order valence-corrected chi connectivity index (χ1v) is 10.5. The van der Waals surface area contributed by atoms with Crippen molar-refractivity contribution in [1.29, 1.82) is 0 Å². The number of carbonyl (C=O) groups is 1. The molecule has 2 aliphatic heterocycles. The summed E-state index contributed by atoms with van der Waals surface area (Å²) in [7, 11) is 1.65. The van der Waals surface area contributed by atoms with Crippen molar-refractivity contribution in [3.8, 4) is 17.0 Å². The highest BCUT2D eigenvalue weighted by Crippen LogP contribution is 2.30. The van der Waals surface area contributed by atoms with E-state index < -0.39 is 0 Å². The average Bonchev–Trinajstić information content (AvgIpc) is 3.32. The molecule has 0 radical (unpaired) electrons. The van der Waals surface area contributed by atoms with E-state index in [0.29, 0.717) is 61.9 Å². The normalized spacial score (nSPS) is 18.6. The van der Waals surface area contributed by atoms with Crippen molar-refractivity contribution >= 4 is 17.2 Å². The van der Waals surface area contributed by atoms with E-state index in [0.717, 1.165) is 17.5 Å². The molecule has 1 N–H and O–H groups in total. The number of ether oxygens (including phenoxy) is 2. The Morgan fingerprint density at radius 1 is 1.35 bits per heavy atom. The van der Waals surface area contributed by atoms with Gasteiger partial charge in [-0.05, 0) is 30.2 Å². The molecule has 4 heterocycles. The molecule has 4 bridgehead atoms. The summed E-state index contributed by atoms with van der Waals surface area (Å²) in [6.45, 7) is 1.95. The predicted molar refractivity (Wildman–Crippen MR) is 113 cm³/mol. The van der Waals surface area contributed by atoms with E-state index >= 15 is 0 Å². The molecule has 0 unspecified atom stereocenters. The smallest absolute Gasteiger partial charge is 0.223 e. The van der Waals surface area contributed by atoms with Crippen molar-refractivity contribution in [2.75, 3.05) is 38.7 Å². The van der Waals surface area contributed by atoms with Gasteiger partial charge in [-0.15, -0.1) is 0 Å². The molecule has 3 aromatic rings. The maximum atomic E-state index is 14.4. The third kappa shape index (κ3) is 3.81. The zero-order chi connectivity index (χ0) is 21.4. The van der Waals surface area contributed by atoms with Gasteiger partial charge in [-0.25, -0.2) is 8.91 Å². The van der Waals surface area contributed by atoms with Crippen molar-refractivity contribution in [2.45, 2.75) is 25.3 Å². The molecule has 0 saturated carbocycles. The summed E-state index contributed by atoms with van der Waals surface area (Å²) >= 11 is 0. The Kier molecular flexibility index (Phi) is 5.19. The molecule has 1 saturated heterocycles. The fourth-order valence-corrected chi connectivity index (χ4v) is 4.26. The molecular formula is C22H24FN5O3. The number of hydrogen-bond acceptors (Lipinski definition) is 6. The molecule has 5 rings (SSSR count). The number of aromatic nitrogens is 3. The molecule has 9 heteroatoms. The second kappa shape index (κ2) is 8.14. The number of hydrogen-bond donors (Lipinski definition) is 1. The molecule has 8 nitrogen and oxygen atoms in total.